The number of nitrogens with zero attached hydrogens (tertiary/aromatic N) is 3. The Morgan fingerprint density at radius 1 is 1.09 bits per heavy atom. The minimum atomic E-state index is -0.271. The van der Waals surface area contributed by atoms with Crippen molar-refractivity contribution in [2.75, 3.05) is 6.61 Å². The van der Waals surface area contributed by atoms with Crippen LogP contribution in [-0.4, -0.2) is 22.5 Å². The maximum absolute atomic E-state index is 13.3. The number of halogens is 1. The van der Waals surface area contributed by atoms with Crippen molar-refractivity contribution in [2.45, 2.75) is 6.92 Å². The monoisotopic (exact) mass is 487 g/mol. The largest absolute Gasteiger partial charge is 0.493 e. The Labute approximate surface area is 191 Å². The van der Waals surface area contributed by atoms with Gasteiger partial charge in [0.05, 0.1) is 28.2 Å². The van der Waals surface area contributed by atoms with E-state index in [9.17, 15) is 4.79 Å². The molecule has 2 heterocycles. The highest BCUT2D eigenvalue weighted by molar-refractivity contribution is 9.10. The number of furan rings is 1. The molecule has 0 aliphatic carbocycles. The van der Waals surface area contributed by atoms with Crippen LogP contribution in [0.2, 0.25) is 0 Å². The summed E-state index contributed by atoms with van der Waals surface area (Å²) in [7, 11) is 0. The first-order valence-electron chi connectivity index (χ1n) is 10.1. The zero-order valence-electron chi connectivity index (χ0n) is 17.2. The van der Waals surface area contributed by atoms with Crippen molar-refractivity contribution >= 4 is 44.0 Å². The van der Waals surface area contributed by atoms with Crippen molar-refractivity contribution in [1.82, 2.24) is 9.66 Å². The van der Waals surface area contributed by atoms with Gasteiger partial charge in [0.1, 0.15) is 11.3 Å². The summed E-state index contributed by atoms with van der Waals surface area (Å²) in [6, 6.07) is 22.4. The first-order valence-corrected chi connectivity index (χ1v) is 10.9. The second-order valence-corrected chi connectivity index (χ2v) is 7.94. The van der Waals surface area contributed by atoms with Crippen LogP contribution in [0.25, 0.3) is 33.5 Å². The van der Waals surface area contributed by atoms with Gasteiger partial charge in [-0.15, -0.1) is 0 Å². The highest BCUT2D eigenvalue weighted by Gasteiger charge is 2.16. The van der Waals surface area contributed by atoms with E-state index in [0.717, 1.165) is 26.8 Å². The quantitative estimate of drug-likeness (QED) is 0.291. The maximum Gasteiger partial charge on any atom is 0.282 e. The molecule has 3 aromatic carbocycles. The number of hydrogen-bond acceptors (Lipinski definition) is 5. The Kier molecular flexibility index (Phi) is 5.33. The zero-order valence-corrected chi connectivity index (χ0v) is 18.7. The highest BCUT2D eigenvalue weighted by Crippen LogP contribution is 2.28. The normalized spacial score (nSPS) is 11.6. The van der Waals surface area contributed by atoms with E-state index < -0.39 is 0 Å². The maximum atomic E-state index is 13.3. The van der Waals surface area contributed by atoms with Crippen molar-refractivity contribution in [3.63, 3.8) is 0 Å². The van der Waals surface area contributed by atoms with Crippen molar-refractivity contribution in [1.29, 1.82) is 0 Å². The molecule has 0 bridgehead atoms. The molecule has 2 aromatic heterocycles. The van der Waals surface area contributed by atoms with Crippen LogP contribution in [0.1, 0.15) is 12.5 Å². The molecule has 0 N–H and O–H groups in total. The minimum absolute atomic E-state index is 0.271. The Morgan fingerprint density at radius 3 is 2.72 bits per heavy atom. The first kappa shape index (κ1) is 20.2. The Hall–Kier alpha value is -3.71. The third kappa shape index (κ3) is 3.71. The SMILES string of the molecule is CCOc1ccc(C=Nn2c(-c3cc4ccccc4o3)nc3ccccc3c2=O)cc1Br. The van der Waals surface area contributed by atoms with Gasteiger partial charge in [-0.05, 0) is 70.9 Å². The molecule has 0 saturated heterocycles. The lowest BCUT2D eigenvalue weighted by atomic mass is 10.2. The molecule has 0 aliphatic heterocycles. The molecule has 0 amide bonds. The van der Waals surface area contributed by atoms with Crippen molar-refractivity contribution < 1.29 is 9.15 Å². The molecule has 158 valence electrons. The number of aromatic nitrogens is 2. The number of fused-ring (bicyclic) bond motifs is 2. The molecular weight excluding hydrogens is 470 g/mol. The molecular formula is C25H18BrN3O3. The number of ether oxygens (including phenoxy) is 1. The van der Waals surface area contributed by atoms with E-state index in [0.29, 0.717) is 29.1 Å². The van der Waals surface area contributed by atoms with E-state index >= 15 is 0 Å². The summed E-state index contributed by atoms with van der Waals surface area (Å²) in [5, 5.41) is 5.89. The summed E-state index contributed by atoms with van der Waals surface area (Å²) in [5.41, 5.74) is 1.84. The Morgan fingerprint density at radius 2 is 1.91 bits per heavy atom. The van der Waals surface area contributed by atoms with Crippen LogP contribution in [0.3, 0.4) is 0 Å². The van der Waals surface area contributed by atoms with Crippen molar-refractivity contribution in [2.24, 2.45) is 5.10 Å². The topological polar surface area (TPSA) is 69.6 Å². The lowest BCUT2D eigenvalue weighted by Crippen LogP contribution is -2.20. The van der Waals surface area contributed by atoms with Crippen LogP contribution in [0, 0.1) is 0 Å². The van der Waals surface area contributed by atoms with Gasteiger partial charge < -0.3 is 9.15 Å². The molecule has 0 atom stereocenters. The highest BCUT2D eigenvalue weighted by atomic mass is 79.9. The van der Waals surface area contributed by atoms with Gasteiger partial charge in [-0.25, -0.2) is 4.98 Å². The van der Waals surface area contributed by atoms with E-state index in [1.54, 1.807) is 18.3 Å². The molecule has 0 saturated carbocycles. The van der Waals surface area contributed by atoms with Crippen LogP contribution in [0.5, 0.6) is 5.75 Å². The van der Waals surface area contributed by atoms with E-state index in [2.05, 4.69) is 21.0 Å². The molecule has 6 nitrogen and oxygen atoms in total. The van der Waals surface area contributed by atoms with Gasteiger partial charge in [-0.2, -0.15) is 9.78 Å². The van der Waals surface area contributed by atoms with Gasteiger partial charge in [0.15, 0.2) is 5.76 Å². The van der Waals surface area contributed by atoms with Gasteiger partial charge in [-0.1, -0.05) is 30.3 Å². The lowest BCUT2D eigenvalue weighted by Gasteiger charge is -2.08. The molecule has 0 radical (unpaired) electrons. The summed E-state index contributed by atoms with van der Waals surface area (Å²) in [4.78, 5) is 18.0. The second-order valence-electron chi connectivity index (χ2n) is 7.09. The third-order valence-electron chi connectivity index (χ3n) is 4.98. The van der Waals surface area contributed by atoms with Crippen LogP contribution >= 0.6 is 15.9 Å². The van der Waals surface area contributed by atoms with Gasteiger partial charge in [0.2, 0.25) is 5.82 Å². The summed E-state index contributed by atoms with van der Waals surface area (Å²) in [6.07, 6.45) is 1.62. The van der Waals surface area contributed by atoms with Crippen LogP contribution in [0.4, 0.5) is 0 Å². The lowest BCUT2D eigenvalue weighted by molar-refractivity contribution is 0.338. The predicted octanol–water partition coefficient (Wildman–Crippen LogP) is 5.85. The molecule has 7 heteroatoms. The average Bonchev–Trinajstić information content (AvgIpc) is 3.24. The van der Waals surface area contributed by atoms with E-state index in [4.69, 9.17) is 14.1 Å². The summed E-state index contributed by atoms with van der Waals surface area (Å²) in [5.74, 6) is 1.56. The fraction of sp³-hybridized carbons (Fsp3) is 0.0800. The Bertz CT molecular complexity index is 1500. The molecule has 32 heavy (non-hydrogen) atoms. The average molecular weight is 488 g/mol. The first-order chi connectivity index (χ1) is 15.6. The molecule has 5 rings (SSSR count). The van der Waals surface area contributed by atoms with Crippen molar-refractivity contribution in [3.05, 3.63) is 93.2 Å². The van der Waals surface area contributed by atoms with Crippen LogP contribution < -0.4 is 10.3 Å². The summed E-state index contributed by atoms with van der Waals surface area (Å²) < 4.78 is 13.6. The number of rotatable bonds is 5. The molecule has 0 unspecified atom stereocenters. The number of para-hydroxylation sites is 2. The van der Waals surface area contributed by atoms with Gasteiger partial charge in [-0.3, -0.25) is 4.79 Å². The van der Waals surface area contributed by atoms with Gasteiger partial charge >= 0.3 is 0 Å². The van der Waals surface area contributed by atoms with Crippen LogP contribution in [-0.2, 0) is 0 Å². The van der Waals surface area contributed by atoms with Crippen LogP contribution in [0.15, 0.2) is 91.6 Å². The molecule has 0 spiro atoms. The Balaban J connectivity index is 1.66. The fourth-order valence-corrected chi connectivity index (χ4v) is 3.99. The predicted molar refractivity (Wildman–Crippen MR) is 130 cm³/mol. The molecule has 0 fully saturated rings. The molecule has 0 aliphatic rings. The van der Waals surface area contributed by atoms with E-state index in [-0.39, 0.29) is 5.56 Å². The second kappa shape index (κ2) is 8.43. The van der Waals surface area contributed by atoms with Gasteiger partial charge in [0, 0.05) is 5.39 Å². The zero-order chi connectivity index (χ0) is 22.1. The van der Waals surface area contributed by atoms with E-state index in [1.807, 2.05) is 67.6 Å². The molecule has 5 aromatic rings. The number of hydrogen-bond donors (Lipinski definition) is 0. The van der Waals surface area contributed by atoms with E-state index in [1.165, 1.54) is 4.68 Å². The summed E-state index contributed by atoms with van der Waals surface area (Å²) >= 11 is 3.51. The summed E-state index contributed by atoms with van der Waals surface area (Å²) in [6.45, 7) is 2.51. The number of benzene rings is 3. The minimum Gasteiger partial charge on any atom is -0.493 e. The third-order valence-corrected chi connectivity index (χ3v) is 5.60. The smallest absolute Gasteiger partial charge is 0.282 e. The van der Waals surface area contributed by atoms with Crippen molar-refractivity contribution in [3.8, 4) is 17.3 Å². The standard InChI is InChI=1S/C25H18BrN3O3/c1-2-31-22-12-11-16(13-19(22)26)15-27-29-24(23-14-17-7-3-6-10-21(17)32-23)28-20-9-5-4-8-18(20)25(29)30/h3-15H,2H2,1H3. The van der Waals surface area contributed by atoms with Gasteiger partial charge in [0.25, 0.3) is 5.56 Å². The fourth-order valence-electron chi connectivity index (χ4n) is 3.48.